The number of hydrogen-bond donors (Lipinski definition) is 3. The van der Waals surface area contributed by atoms with Crippen LogP contribution in [0.2, 0.25) is 0 Å². The first kappa shape index (κ1) is 15.9. The summed E-state index contributed by atoms with van der Waals surface area (Å²) in [6.45, 7) is 0.0967. The molecule has 1 aromatic carbocycles. The van der Waals surface area contributed by atoms with Crippen molar-refractivity contribution in [3.05, 3.63) is 28.0 Å². The topological polar surface area (TPSA) is 113 Å². The molecule has 0 aromatic heterocycles. The van der Waals surface area contributed by atoms with Crippen molar-refractivity contribution < 1.29 is 27.5 Å². The Morgan fingerprint density at radius 3 is 2.67 bits per heavy atom. The molecule has 0 spiro atoms. The number of amides is 1. The van der Waals surface area contributed by atoms with Crippen LogP contribution in [0.3, 0.4) is 0 Å². The molecular weight excluding hydrogens is 371 g/mol. The van der Waals surface area contributed by atoms with Gasteiger partial charge < -0.3 is 10.4 Å². The zero-order chi connectivity index (χ0) is 15.8. The number of halogens is 2. The highest BCUT2D eigenvalue weighted by molar-refractivity contribution is 9.10. The van der Waals surface area contributed by atoms with E-state index >= 15 is 0 Å². The van der Waals surface area contributed by atoms with E-state index in [4.69, 9.17) is 5.11 Å². The SMILES string of the molecule is O=C1CC(NS(=O)(=O)c2cc(Br)cc(C(=O)O)c2F)CN1. The number of rotatable bonds is 4. The summed E-state index contributed by atoms with van der Waals surface area (Å²) in [7, 11) is -4.29. The summed E-state index contributed by atoms with van der Waals surface area (Å²) in [5.41, 5.74) is -0.759. The quantitative estimate of drug-likeness (QED) is 0.701. The molecule has 114 valence electrons. The van der Waals surface area contributed by atoms with E-state index in [9.17, 15) is 22.4 Å². The van der Waals surface area contributed by atoms with Gasteiger partial charge in [0, 0.05) is 23.5 Å². The molecular formula is C11H10BrFN2O5S. The van der Waals surface area contributed by atoms with Crippen molar-refractivity contribution >= 4 is 37.8 Å². The maximum atomic E-state index is 14.0. The van der Waals surface area contributed by atoms with Gasteiger partial charge >= 0.3 is 5.97 Å². The number of carboxylic acids is 1. The minimum absolute atomic E-state index is 0.0549. The van der Waals surface area contributed by atoms with Crippen LogP contribution in [0, 0.1) is 5.82 Å². The van der Waals surface area contributed by atoms with E-state index in [-0.39, 0.29) is 23.3 Å². The summed E-state index contributed by atoms with van der Waals surface area (Å²) >= 11 is 2.94. The van der Waals surface area contributed by atoms with Gasteiger partial charge in [0.15, 0.2) is 5.82 Å². The molecule has 1 aliphatic rings. The Labute approximate surface area is 127 Å². The van der Waals surface area contributed by atoms with Crippen LogP contribution < -0.4 is 10.0 Å². The Kier molecular flexibility index (Phi) is 4.30. The van der Waals surface area contributed by atoms with Crippen LogP contribution in [0.5, 0.6) is 0 Å². The lowest BCUT2D eigenvalue weighted by molar-refractivity contribution is -0.119. The van der Waals surface area contributed by atoms with E-state index in [1.165, 1.54) is 0 Å². The second kappa shape index (κ2) is 5.70. The van der Waals surface area contributed by atoms with Crippen molar-refractivity contribution in [2.75, 3.05) is 6.54 Å². The van der Waals surface area contributed by atoms with Crippen molar-refractivity contribution in [2.24, 2.45) is 0 Å². The van der Waals surface area contributed by atoms with E-state index in [1.807, 2.05) is 0 Å². The molecule has 2 rings (SSSR count). The van der Waals surface area contributed by atoms with Gasteiger partial charge in [-0.05, 0) is 12.1 Å². The molecule has 1 heterocycles. The summed E-state index contributed by atoms with van der Waals surface area (Å²) in [4.78, 5) is 21.2. The lowest BCUT2D eigenvalue weighted by Crippen LogP contribution is -2.36. The van der Waals surface area contributed by atoms with Crippen LogP contribution in [0.1, 0.15) is 16.8 Å². The highest BCUT2D eigenvalue weighted by Crippen LogP contribution is 2.24. The molecule has 0 saturated carbocycles. The molecule has 1 amide bonds. The number of nitrogens with one attached hydrogen (secondary N) is 2. The maximum Gasteiger partial charge on any atom is 0.338 e. The number of carboxylic acid groups (broad SMARTS) is 1. The largest absolute Gasteiger partial charge is 0.478 e. The van der Waals surface area contributed by atoms with Crippen LogP contribution in [-0.4, -0.2) is 38.0 Å². The van der Waals surface area contributed by atoms with E-state index in [0.717, 1.165) is 12.1 Å². The molecule has 0 bridgehead atoms. The van der Waals surface area contributed by atoms with Gasteiger partial charge in [0.25, 0.3) is 0 Å². The minimum atomic E-state index is -4.29. The summed E-state index contributed by atoms with van der Waals surface area (Å²) in [6.07, 6.45) is -0.0549. The van der Waals surface area contributed by atoms with Gasteiger partial charge in [-0.2, -0.15) is 0 Å². The molecule has 0 radical (unpaired) electrons. The van der Waals surface area contributed by atoms with Crippen LogP contribution >= 0.6 is 15.9 Å². The third-order valence-corrected chi connectivity index (χ3v) is 4.80. The molecule has 10 heteroatoms. The van der Waals surface area contributed by atoms with Gasteiger partial charge in [-0.1, -0.05) is 15.9 Å². The maximum absolute atomic E-state index is 14.0. The molecule has 1 unspecified atom stereocenters. The zero-order valence-electron chi connectivity index (χ0n) is 10.4. The Morgan fingerprint density at radius 2 is 2.14 bits per heavy atom. The fourth-order valence-electron chi connectivity index (χ4n) is 1.89. The predicted octanol–water partition coefficient (Wildman–Crippen LogP) is 0.453. The molecule has 21 heavy (non-hydrogen) atoms. The molecule has 0 aliphatic carbocycles. The van der Waals surface area contributed by atoms with Crippen molar-refractivity contribution in [3.8, 4) is 0 Å². The monoisotopic (exact) mass is 380 g/mol. The van der Waals surface area contributed by atoms with Gasteiger partial charge in [0.2, 0.25) is 15.9 Å². The van der Waals surface area contributed by atoms with Gasteiger partial charge in [-0.3, -0.25) is 4.79 Å². The summed E-state index contributed by atoms with van der Waals surface area (Å²) in [6, 6.07) is 1.24. The first-order valence-corrected chi connectivity index (χ1v) is 7.99. The van der Waals surface area contributed by atoms with E-state index in [2.05, 4.69) is 26.0 Å². The van der Waals surface area contributed by atoms with Crippen LogP contribution in [0.4, 0.5) is 4.39 Å². The molecule has 1 saturated heterocycles. The number of carbonyl (C=O) groups is 2. The first-order valence-electron chi connectivity index (χ1n) is 5.72. The van der Waals surface area contributed by atoms with Crippen molar-refractivity contribution in [1.82, 2.24) is 10.0 Å². The summed E-state index contributed by atoms with van der Waals surface area (Å²) < 4.78 is 40.6. The molecule has 3 N–H and O–H groups in total. The van der Waals surface area contributed by atoms with E-state index in [1.54, 1.807) is 0 Å². The van der Waals surface area contributed by atoms with Crippen molar-refractivity contribution in [2.45, 2.75) is 17.4 Å². The zero-order valence-corrected chi connectivity index (χ0v) is 12.8. The van der Waals surface area contributed by atoms with Crippen LogP contribution in [0.15, 0.2) is 21.5 Å². The van der Waals surface area contributed by atoms with Gasteiger partial charge in [0.05, 0.1) is 5.56 Å². The number of hydrogen-bond acceptors (Lipinski definition) is 4. The Morgan fingerprint density at radius 1 is 1.48 bits per heavy atom. The third kappa shape index (κ3) is 3.39. The lowest BCUT2D eigenvalue weighted by Gasteiger charge is -2.13. The van der Waals surface area contributed by atoms with Crippen molar-refractivity contribution in [3.63, 3.8) is 0 Å². The average Bonchev–Trinajstić information content (AvgIpc) is 2.76. The third-order valence-electron chi connectivity index (χ3n) is 2.82. The summed E-state index contributed by atoms with van der Waals surface area (Å²) in [5.74, 6) is -3.25. The second-order valence-electron chi connectivity index (χ2n) is 4.40. The highest BCUT2D eigenvalue weighted by atomic mass is 79.9. The molecule has 7 nitrogen and oxygen atoms in total. The van der Waals surface area contributed by atoms with E-state index < -0.39 is 38.3 Å². The number of aromatic carboxylic acids is 1. The Hall–Kier alpha value is -1.52. The molecule has 1 atom stereocenters. The fourth-order valence-corrected chi connectivity index (χ4v) is 3.86. The van der Waals surface area contributed by atoms with Crippen LogP contribution in [-0.2, 0) is 14.8 Å². The number of carbonyl (C=O) groups excluding carboxylic acids is 1. The average molecular weight is 381 g/mol. The molecule has 1 aliphatic heterocycles. The smallest absolute Gasteiger partial charge is 0.338 e. The normalized spacial score (nSPS) is 18.6. The molecule has 1 fully saturated rings. The Bertz CT molecular complexity index is 722. The van der Waals surface area contributed by atoms with Gasteiger partial charge in [-0.15, -0.1) is 0 Å². The van der Waals surface area contributed by atoms with Gasteiger partial charge in [-0.25, -0.2) is 22.3 Å². The second-order valence-corrected chi connectivity index (χ2v) is 7.00. The standard InChI is InChI=1S/C11H10BrFN2O5S/c12-5-1-7(11(17)18)10(13)8(2-5)21(19,20)15-6-3-9(16)14-4-6/h1-2,6,15H,3-4H2,(H,14,16)(H,17,18). The van der Waals surface area contributed by atoms with Gasteiger partial charge in [0.1, 0.15) is 4.90 Å². The summed E-state index contributed by atoms with van der Waals surface area (Å²) in [5, 5.41) is 11.3. The van der Waals surface area contributed by atoms with Crippen molar-refractivity contribution in [1.29, 1.82) is 0 Å². The minimum Gasteiger partial charge on any atom is -0.478 e. The number of benzene rings is 1. The Balaban J connectivity index is 2.40. The number of sulfonamides is 1. The first-order chi connectivity index (χ1) is 9.70. The lowest BCUT2D eigenvalue weighted by atomic mass is 10.2. The van der Waals surface area contributed by atoms with E-state index in [0.29, 0.717) is 0 Å². The fraction of sp³-hybridized carbons (Fsp3) is 0.273. The predicted molar refractivity (Wildman–Crippen MR) is 72.8 cm³/mol. The highest BCUT2D eigenvalue weighted by Gasteiger charge is 2.30. The van der Waals surface area contributed by atoms with Crippen LogP contribution in [0.25, 0.3) is 0 Å². The molecule has 1 aromatic rings.